The zero-order chi connectivity index (χ0) is 5.11. The van der Waals surface area contributed by atoms with Gasteiger partial charge in [0.2, 0.25) is 6.39 Å². The summed E-state index contributed by atoms with van der Waals surface area (Å²) >= 11 is 0. The van der Waals surface area contributed by atoms with E-state index in [2.05, 4.69) is 14.7 Å². The molecule has 1 aromatic heterocycles. The van der Waals surface area contributed by atoms with Crippen molar-refractivity contribution in [3.05, 3.63) is 12.2 Å². The first-order chi connectivity index (χ1) is 3.43. The van der Waals surface area contributed by atoms with Crippen LogP contribution in [0.25, 0.3) is 0 Å². The van der Waals surface area contributed by atoms with Gasteiger partial charge in [0.15, 0.2) is 5.82 Å². The average Bonchev–Trinajstić information content (AvgIpc) is 2.14. The number of rotatable bonds is 1. The molecule has 0 bridgehead atoms. The molecule has 1 N–H and O–H groups in total. The maximum atomic E-state index is 8.24. The van der Waals surface area contributed by atoms with Crippen LogP contribution in [0.3, 0.4) is 0 Å². The van der Waals surface area contributed by atoms with Crippen LogP contribution in [0.4, 0.5) is 0 Å². The number of hydrogen-bond acceptors (Lipinski definition) is 4. The quantitative estimate of drug-likeness (QED) is 0.590. The highest BCUT2D eigenvalue weighted by Gasteiger charge is 1.89. The summed E-state index contributed by atoms with van der Waals surface area (Å²) in [6.45, 7) is -0.156. The molecule has 0 aliphatic carbocycles. The summed E-state index contributed by atoms with van der Waals surface area (Å²) in [4.78, 5) is 3.51. The van der Waals surface area contributed by atoms with E-state index in [-0.39, 0.29) is 19.0 Å². The summed E-state index contributed by atoms with van der Waals surface area (Å²) in [5, 5.41) is 11.5. The zero-order valence-corrected chi connectivity index (χ0v) is 4.76. The normalized spacial score (nSPS) is 8.12. The molecular formula is C3H5ClN2O2. The molecule has 1 heterocycles. The molecule has 1 aromatic rings. The van der Waals surface area contributed by atoms with Gasteiger partial charge in [0.25, 0.3) is 0 Å². The predicted octanol–water partition coefficient (Wildman–Crippen LogP) is -0.0163. The standard InChI is InChI=1S/C3H4N2O2.ClH/c6-1-3-4-2-7-5-3;/h2,6H,1H2;1H. The minimum absolute atomic E-state index is 0. The van der Waals surface area contributed by atoms with Crippen LogP contribution in [0.5, 0.6) is 0 Å². The first kappa shape index (κ1) is 7.39. The highest BCUT2D eigenvalue weighted by atomic mass is 35.5. The van der Waals surface area contributed by atoms with Crippen LogP contribution in [0.15, 0.2) is 10.9 Å². The SMILES string of the molecule is Cl.OCc1ncon1. The van der Waals surface area contributed by atoms with Crippen molar-refractivity contribution in [1.29, 1.82) is 0 Å². The van der Waals surface area contributed by atoms with Crippen molar-refractivity contribution in [2.45, 2.75) is 6.61 Å². The maximum Gasteiger partial charge on any atom is 0.213 e. The second kappa shape index (κ2) is 3.40. The van der Waals surface area contributed by atoms with Crippen LogP contribution < -0.4 is 0 Å². The first-order valence-electron chi connectivity index (χ1n) is 1.79. The van der Waals surface area contributed by atoms with E-state index in [0.29, 0.717) is 5.82 Å². The van der Waals surface area contributed by atoms with Crippen LogP contribution in [0.1, 0.15) is 5.82 Å². The fourth-order valence-corrected chi connectivity index (χ4v) is 0.262. The fraction of sp³-hybridized carbons (Fsp3) is 0.333. The third kappa shape index (κ3) is 1.48. The number of aromatic nitrogens is 2. The summed E-state index contributed by atoms with van der Waals surface area (Å²) in [5.41, 5.74) is 0. The van der Waals surface area contributed by atoms with Crippen molar-refractivity contribution < 1.29 is 9.63 Å². The predicted molar refractivity (Wildman–Crippen MR) is 27.5 cm³/mol. The zero-order valence-electron chi connectivity index (χ0n) is 3.94. The van der Waals surface area contributed by atoms with Crippen molar-refractivity contribution in [3.63, 3.8) is 0 Å². The lowest BCUT2D eigenvalue weighted by atomic mass is 10.7. The van der Waals surface area contributed by atoms with E-state index in [9.17, 15) is 0 Å². The molecule has 0 spiro atoms. The molecule has 8 heavy (non-hydrogen) atoms. The number of aliphatic hydroxyl groups excluding tert-OH is 1. The van der Waals surface area contributed by atoms with E-state index < -0.39 is 0 Å². The Kier molecular flexibility index (Phi) is 3.14. The van der Waals surface area contributed by atoms with E-state index in [1.807, 2.05) is 0 Å². The van der Waals surface area contributed by atoms with E-state index in [1.54, 1.807) is 0 Å². The largest absolute Gasteiger partial charge is 0.388 e. The number of aliphatic hydroxyl groups is 1. The lowest BCUT2D eigenvalue weighted by Gasteiger charge is -1.73. The van der Waals surface area contributed by atoms with Gasteiger partial charge in [-0.3, -0.25) is 0 Å². The van der Waals surface area contributed by atoms with Gasteiger partial charge in [-0.2, -0.15) is 4.98 Å². The molecule has 4 nitrogen and oxygen atoms in total. The van der Waals surface area contributed by atoms with Crippen LogP contribution in [-0.2, 0) is 6.61 Å². The Bertz CT molecular complexity index is 130. The molecule has 0 amide bonds. The first-order valence-corrected chi connectivity index (χ1v) is 1.79. The van der Waals surface area contributed by atoms with Crippen LogP contribution >= 0.6 is 12.4 Å². The van der Waals surface area contributed by atoms with Gasteiger partial charge in [-0.15, -0.1) is 12.4 Å². The lowest BCUT2D eigenvalue weighted by Crippen LogP contribution is -1.82. The topological polar surface area (TPSA) is 59.2 Å². The molecule has 0 unspecified atom stereocenters. The van der Waals surface area contributed by atoms with Gasteiger partial charge in [0.1, 0.15) is 6.61 Å². The highest BCUT2D eigenvalue weighted by molar-refractivity contribution is 5.85. The molecule has 0 radical (unpaired) electrons. The Morgan fingerprint density at radius 3 is 2.75 bits per heavy atom. The van der Waals surface area contributed by atoms with E-state index in [1.165, 1.54) is 6.39 Å². The second-order valence-electron chi connectivity index (χ2n) is 1.01. The smallest absolute Gasteiger partial charge is 0.213 e. The van der Waals surface area contributed by atoms with Gasteiger partial charge in [-0.05, 0) is 0 Å². The molecule has 1 rings (SSSR count). The van der Waals surface area contributed by atoms with E-state index in [4.69, 9.17) is 5.11 Å². The summed E-state index contributed by atoms with van der Waals surface area (Å²) in [5.74, 6) is 0.319. The number of halogens is 1. The molecule has 0 aliphatic heterocycles. The molecule has 0 aromatic carbocycles. The summed E-state index contributed by atoms with van der Waals surface area (Å²) in [7, 11) is 0. The molecule has 46 valence electrons. The van der Waals surface area contributed by atoms with Gasteiger partial charge in [0, 0.05) is 0 Å². The van der Waals surface area contributed by atoms with E-state index >= 15 is 0 Å². The van der Waals surface area contributed by atoms with Crippen molar-refractivity contribution in [2.24, 2.45) is 0 Å². The Labute approximate surface area is 51.9 Å². The third-order valence-corrected chi connectivity index (χ3v) is 0.548. The van der Waals surface area contributed by atoms with Gasteiger partial charge in [0.05, 0.1) is 0 Å². The average molecular weight is 137 g/mol. The molecular weight excluding hydrogens is 131 g/mol. The van der Waals surface area contributed by atoms with Crippen molar-refractivity contribution in [3.8, 4) is 0 Å². The van der Waals surface area contributed by atoms with Crippen LogP contribution in [0, 0.1) is 0 Å². The summed E-state index contributed by atoms with van der Waals surface area (Å²) < 4.78 is 4.28. The molecule has 0 fully saturated rings. The molecule has 0 aliphatic rings. The minimum atomic E-state index is -0.156. The van der Waals surface area contributed by atoms with Gasteiger partial charge < -0.3 is 9.63 Å². The van der Waals surface area contributed by atoms with Crippen molar-refractivity contribution in [1.82, 2.24) is 10.1 Å². The summed E-state index contributed by atoms with van der Waals surface area (Å²) in [6, 6.07) is 0. The molecule has 0 saturated heterocycles. The Morgan fingerprint density at radius 1 is 1.75 bits per heavy atom. The minimum Gasteiger partial charge on any atom is -0.388 e. The van der Waals surface area contributed by atoms with Crippen LogP contribution in [-0.4, -0.2) is 15.2 Å². The Balaban J connectivity index is 0.000000490. The van der Waals surface area contributed by atoms with Crippen molar-refractivity contribution >= 4 is 12.4 Å². The maximum absolute atomic E-state index is 8.24. The summed E-state index contributed by atoms with van der Waals surface area (Å²) in [6.07, 6.45) is 1.17. The van der Waals surface area contributed by atoms with Crippen molar-refractivity contribution in [2.75, 3.05) is 0 Å². The Morgan fingerprint density at radius 2 is 2.50 bits per heavy atom. The van der Waals surface area contributed by atoms with Gasteiger partial charge in [-0.1, -0.05) is 5.16 Å². The number of hydrogen-bond donors (Lipinski definition) is 1. The fourth-order valence-electron chi connectivity index (χ4n) is 0.262. The number of nitrogens with zero attached hydrogens (tertiary/aromatic N) is 2. The molecule has 0 saturated carbocycles. The van der Waals surface area contributed by atoms with Gasteiger partial charge >= 0.3 is 0 Å². The monoisotopic (exact) mass is 136 g/mol. The molecule has 5 heteroatoms. The third-order valence-electron chi connectivity index (χ3n) is 0.548. The van der Waals surface area contributed by atoms with Crippen LogP contribution in [0.2, 0.25) is 0 Å². The molecule has 0 atom stereocenters. The second-order valence-corrected chi connectivity index (χ2v) is 1.01. The van der Waals surface area contributed by atoms with E-state index in [0.717, 1.165) is 0 Å². The van der Waals surface area contributed by atoms with Gasteiger partial charge in [-0.25, -0.2) is 0 Å². The highest BCUT2D eigenvalue weighted by Crippen LogP contribution is 1.83. The lowest BCUT2D eigenvalue weighted by molar-refractivity contribution is 0.263. The Hall–Kier alpha value is -0.610.